The maximum atomic E-state index is 11.9. The lowest BCUT2D eigenvalue weighted by atomic mass is 10.1. The number of amides is 1. The topological polar surface area (TPSA) is 32.3 Å². The van der Waals surface area contributed by atoms with Crippen LogP contribution < -0.4 is 5.32 Å². The van der Waals surface area contributed by atoms with Crippen molar-refractivity contribution < 1.29 is 4.79 Å². The quantitative estimate of drug-likeness (QED) is 0.893. The van der Waals surface area contributed by atoms with Gasteiger partial charge in [0.2, 0.25) is 0 Å². The molecule has 0 heterocycles. The Morgan fingerprint density at radius 3 is 2.74 bits per heavy atom. The van der Waals surface area contributed by atoms with Crippen LogP contribution >= 0.6 is 11.6 Å². The van der Waals surface area contributed by atoms with E-state index < -0.39 is 0 Å². The summed E-state index contributed by atoms with van der Waals surface area (Å²) in [7, 11) is 3.50. The molecule has 4 heteroatoms. The van der Waals surface area contributed by atoms with E-state index in [9.17, 15) is 4.79 Å². The van der Waals surface area contributed by atoms with Crippen molar-refractivity contribution in [2.75, 3.05) is 19.4 Å². The molecule has 2 rings (SSSR count). The molecular formula is C15H21ClN2O. The van der Waals surface area contributed by atoms with Gasteiger partial charge in [0.25, 0.3) is 5.91 Å². The lowest BCUT2D eigenvalue weighted by Gasteiger charge is -2.17. The van der Waals surface area contributed by atoms with E-state index in [1.807, 2.05) is 6.07 Å². The van der Waals surface area contributed by atoms with Crippen LogP contribution in [-0.2, 0) is 0 Å². The normalized spacial score (nSPS) is 16.0. The molecule has 1 N–H and O–H groups in total. The number of nitrogens with zero attached hydrogens (tertiary/aromatic N) is 1. The van der Waals surface area contributed by atoms with Gasteiger partial charge in [0.15, 0.2) is 0 Å². The van der Waals surface area contributed by atoms with Crippen molar-refractivity contribution in [2.45, 2.75) is 32.2 Å². The van der Waals surface area contributed by atoms with E-state index in [1.54, 1.807) is 31.1 Å². The highest BCUT2D eigenvalue weighted by Gasteiger charge is 2.23. The van der Waals surface area contributed by atoms with Crippen LogP contribution in [0.4, 0.5) is 5.69 Å². The molecule has 1 aromatic carbocycles. The average Bonchev–Trinajstić information content (AvgIpc) is 3.14. The molecule has 0 radical (unpaired) electrons. The summed E-state index contributed by atoms with van der Waals surface area (Å²) in [5, 5.41) is 4.08. The van der Waals surface area contributed by atoms with E-state index >= 15 is 0 Å². The zero-order valence-corrected chi connectivity index (χ0v) is 12.5. The van der Waals surface area contributed by atoms with Gasteiger partial charge in [-0.25, -0.2) is 0 Å². The molecular weight excluding hydrogens is 260 g/mol. The van der Waals surface area contributed by atoms with Gasteiger partial charge in [0.1, 0.15) is 0 Å². The summed E-state index contributed by atoms with van der Waals surface area (Å²) >= 11 is 6.19. The summed E-state index contributed by atoms with van der Waals surface area (Å²) in [5.74, 6) is 0.863. The summed E-state index contributed by atoms with van der Waals surface area (Å²) in [6.07, 6.45) is 3.86. The number of rotatable bonds is 5. The molecule has 1 fully saturated rings. The number of hydrogen-bond acceptors (Lipinski definition) is 2. The second kappa shape index (κ2) is 5.83. The van der Waals surface area contributed by atoms with Crippen LogP contribution in [0.5, 0.6) is 0 Å². The lowest BCUT2D eigenvalue weighted by molar-refractivity contribution is 0.0827. The molecule has 0 spiro atoms. The molecule has 0 aromatic heterocycles. The Kier molecular flexibility index (Phi) is 4.35. The third-order valence-corrected chi connectivity index (χ3v) is 3.73. The van der Waals surface area contributed by atoms with Crippen LogP contribution in [0.25, 0.3) is 0 Å². The second-order valence-corrected chi connectivity index (χ2v) is 6.03. The molecule has 1 aliphatic carbocycles. The summed E-state index contributed by atoms with van der Waals surface area (Å²) in [6, 6.07) is 5.77. The predicted molar refractivity (Wildman–Crippen MR) is 79.9 cm³/mol. The van der Waals surface area contributed by atoms with Gasteiger partial charge in [-0.2, -0.15) is 0 Å². The molecule has 3 nitrogen and oxygen atoms in total. The number of carbonyl (C=O) groups excluding carboxylic acids is 1. The number of anilines is 1. The van der Waals surface area contributed by atoms with E-state index in [4.69, 9.17) is 11.6 Å². The molecule has 19 heavy (non-hydrogen) atoms. The Labute approximate surface area is 119 Å². The fourth-order valence-corrected chi connectivity index (χ4v) is 2.38. The van der Waals surface area contributed by atoms with Crippen LogP contribution in [0, 0.1) is 5.92 Å². The first-order chi connectivity index (χ1) is 8.97. The van der Waals surface area contributed by atoms with Gasteiger partial charge < -0.3 is 10.2 Å². The van der Waals surface area contributed by atoms with E-state index in [2.05, 4.69) is 12.2 Å². The Morgan fingerprint density at radius 2 is 2.16 bits per heavy atom. The van der Waals surface area contributed by atoms with Crippen molar-refractivity contribution in [3.8, 4) is 0 Å². The van der Waals surface area contributed by atoms with Crippen LogP contribution in [-0.4, -0.2) is 30.9 Å². The Bertz CT molecular complexity index is 469. The number of hydrogen-bond donors (Lipinski definition) is 1. The van der Waals surface area contributed by atoms with Crippen LogP contribution in [0.1, 0.15) is 36.5 Å². The summed E-state index contributed by atoms with van der Waals surface area (Å²) in [6.45, 7) is 2.16. The molecule has 0 aliphatic heterocycles. The van der Waals surface area contributed by atoms with E-state index in [0.717, 1.165) is 11.6 Å². The molecule has 1 unspecified atom stereocenters. The van der Waals surface area contributed by atoms with Crippen LogP contribution in [0.2, 0.25) is 5.02 Å². The number of halogens is 1. The van der Waals surface area contributed by atoms with E-state index in [0.29, 0.717) is 16.6 Å². The van der Waals surface area contributed by atoms with Gasteiger partial charge in [-0.15, -0.1) is 0 Å². The fraction of sp³-hybridized carbons (Fsp3) is 0.533. The van der Waals surface area contributed by atoms with Gasteiger partial charge in [0.05, 0.1) is 10.7 Å². The van der Waals surface area contributed by atoms with Gasteiger partial charge >= 0.3 is 0 Å². The zero-order chi connectivity index (χ0) is 14.0. The highest BCUT2D eigenvalue weighted by molar-refractivity contribution is 6.33. The monoisotopic (exact) mass is 280 g/mol. The molecule has 1 aromatic rings. The maximum Gasteiger partial charge on any atom is 0.253 e. The second-order valence-electron chi connectivity index (χ2n) is 5.62. The summed E-state index contributed by atoms with van der Waals surface area (Å²) in [5.41, 5.74) is 1.51. The first-order valence-corrected chi connectivity index (χ1v) is 7.13. The smallest absolute Gasteiger partial charge is 0.253 e. The van der Waals surface area contributed by atoms with Gasteiger partial charge in [-0.1, -0.05) is 24.4 Å². The molecule has 1 aliphatic rings. The van der Waals surface area contributed by atoms with E-state index in [1.165, 1.54) is 19.3 Å². The van der Waals surface area contributed by atoms with Crippen molar-refractivity contribution in [1.29, 1.82) is 0 Å². The molecule has 0 bridgehead atoms. The third kappa shape index (κ3) is 3.87. The van der Waals surface area contributed by atoms with Crippen molar-refractivity contribution in [1.82, 2.24) is 4.90 Å². The molecule has 1 amide bonds. The Balaban J connectivity index is 2.09. The average molecular weight is 281 g/mol. The highest BCUT2D eigenvalue weighted by atomic mass is 35.5. The van der Waals surface area contributed by atoms with Gasteiger partial charge in [-0.3, -0.25) is 4.79 Å². The van der Waals surface area contributed by atoms with Gasteiger partial charge in [0, 0.05) is 25.7 Å². The largest absolute Gasteiger partial charge is 0.381 e. The fourth-order valence-electron chi connectivity index (χ4n) is 2.21. The maximum absolute atomic E-state index is 11.9. The Morgan fingerprint density at radius 1 is 1.47 bits per heavy atom. The Hall–Kier alpha value is -1.22. The number of carbonyl (C=O) groups is 1. The lowest BCUT2D eigenvalue weighted by Crippen LogP contribution is -2.22. The summed E-state index contributed by atoms with van der Waals surface area (Å²) in [4.78, 5) is 13.5. The van der Waals surface area contributed by atoms with Crippen molar-refractivity contribution >= 4 is 23.2 Å². The minimum absolute atomic E-state index is 0.00503. The first kappa shape index (κ1) is 14.2. The predicted octanol–water partition coefficient (Wildman–Crippen LogP) is 3.64. The third-order valence-electron chi connectivity index (χ3n) is 3.41. The molecule has 1 saturated carbocycles. The highest BCUT2D eigenvalue weighted by Crippen LogP contribution is 2.34. The molecule has 104 valence electrons. The first-order valence-electron chi connectivity index (χ1n) is 6.75. The molecule has 1 atom stereocenters. The minimum Gasteiger partial charge on any atom is -0.381 e. The van der Waals surface area contributed by atoms with Crippen molar-refractivity contribution in [3.63, 3.8) is 0 Å². The van der Waals surface area contributed by atoms with Crippen molar-refractivity contribution in [3.05, 3.63) is 28.8 Å². The standard InChI is InChI=1S/C15H21ClN2O/c1-10(8-11-4-5-11)17-14-9-12(6-7-13(14)16)15(19)18(2)3/h6-7,9-11,17H,4-5,8H2,1-3H3. The number of benzene rings is 1. The number of nitrogens with one attached hydrogen (secondary N) is 1. The summed E-state index contributed by atoms with van der Waals surface area (Å²) < 4.78 is 0. The van der Waals surface area contributed by atoms with Gasteiger partial charge in [-0.05, 0) is 37.5 Å². The van der Waals surface area contributed by atoms with Crippen molar-refractivity contribution in [2.24, 2.45) is 5.92 Å². The van der Waals surface area contributed by atoms with Crippen LogP contribution in [0.3, 0.4) is 0 Å². The van der Waals surface area contributed by atoms with E-state index in [-0.39, 0.29) is 5.91 Å². The molecule has 0 saturated heterocycles. The minimum atomic E-state index is -0.00503. The van der Waals surface area contributed by atoms with Crippen LogP contribution in [0.15, 0.2) is 18.2 Å². The SMILES string of the molecule is CC(CC1CC1)Nc1cc(C(=O)N(C)C)ccc1Cl. The zero-order valence-electron chi connectivity index (χ0n) is 11.7.